The van der Waals surface area contributed by atoms with Gasteiger partial charge in [-0.3, -0.25) is 14.7 Å². The lowest BCUT2D eigenvalue weighted by Gasteiger charge is -2.25. The van der Waals surface area contributed by atoms with E-state index in [1.165, 1.54) is 12.0 Å². The van der Waals surface area contributed by atoms with Crippen LogP contribution in [0.2, 0.25) is 0 Å². The second-order valence-electron chi connectivity index (χ2n) is 9.23. The largest absolute Gasteiger partial charge is 0.480 e. The maximum Gasteiger partial charge on any atom is 0.325 e. The molecule has 7 heteroatoms. The maximum atomic E-state index is 12.2. The molecule has 2 atom stereocenters. The SMILES string of the molecule is O=C(O)[C@@H](c1cccc2ncccc12)N1CC[C@@H](OCCCCc2ccc3c(n2)NCCC3)C1. The number of carboxylic acid groups (broad SMARTS) is 1. The first-order valence-corrected chi connectivity index (χ1v) is 12.3. The van der Waals surface area contributed by atoms with Gasteiger partial charge in [-0.25, -0.2) is 4.98 Å². The molecule has 1 fully saturated rings. The molecule has 0 amide bonds. The highest BCUT2D eigenvalue weighted by atomic mass is 16.5. The van der Waals surface area contributed by atoms with Crippen molar-refractivity contribution >= 4 is 22.7 Å². The van der Waals surface area contributed by atoms with Crippen LogP contribution in [-0.4, -0.2) is 58.3 Å². The minimum atomic E-state index is -0.830. The van der Waals surface area contributed by atoms with Crippen LogP contribution in [0.4, 0.5) is 5.82 Å². The van der Waals surface area contributed by atoms with Crippen molar-refractivity contribution in [3.8, 4) is 0 Å². The van der Waals surface area contributed by atoms with Gasteiger partial charge >= 0.3 is 5.97 Å². The van der Waals surface area contributed by atoms with Gasteiger partial charge in [0.1, 0.15) is 11.9 Å². The van der Waals surface area contributed by atoms with Gasteiger partial charge < -0.3 is 15.2 Å². The number of fused-ring (bicyclic) bond motifs is 2. The zero-order chi connectivity index (χ0) is 23.3. The van der Waals surface area contributed by atoms with Crippen molar-refractivity contribution < 1.29 is 14.6 Å². The Morgan fingerprint density at radius 1 is 1.21 bits per heavy atom. The van der Waals surface area contributed by atoms with Crippen LogP contribution in [0.25, 0.3) is 10.9 Å². The Hall–Kier alpha value is -3.03. The van der Waals surface area contributed by atoms with E-state index < -0.39 is 12.0 Å². The van der Waals surface area contributed by atoms with Crippen LogP contribution >= 0.6 is 0 Å². The Kier molecular flexibility index (Phi) is 7.02. The van der Waals surface area contributed by atoms with E-state index in [0.29, 0.717) is 19.7 Å². The van der Waals surface area contributed by atoms with Gasteiger partial charge in [0, 0.05) is 43.5 Å². The molecule has 0 bridgehead atoms. The monoisotopic (exact) mass is 460 g/mol. The third-order valence-electron chi connectivity index (χ3n) is 6.88. The number of hydrogen-bond donors (Lipinski definition) is 2. The van der Waals surface area contributed by atoms with Gasteiger partial charge in [0.05, 0.1) is 11.6 Å². The van der Waals surface area contributed by atoms with E-state index in [2.05, 4.69) is 22.4 Å². The van der Waals surface area contributed by atoms with E-state index in [1.54, 1.807) is 6.20 Å². The Morgan fingerprint density at radius 2 is 2.15 bits per heavy atom. The third kappa shape index (κ3) is 5.05. The average molecular weight is 461 g/mol. The Morgan fingerprint density at radius 3 is 3.06 bits per heavy atom. The number of unbranched alkanes of at least 4 members (excludes halogenated alkanes) is 1. The van der Waals surface area contributed by atoms with Crippen LogP contribution in [0.1, 0.15) is 48.5 Å². The molecule has 0 radical (unpaired) electrons. The maximum absolute atomic E-state index is 12.2. The Labute approximate surface area is 200 Å². The van der Waals surface area contributed by atoms with Crippen molar-refractivity contribution in [1.82, 2.24) is 14.9 Å². The molecule has 1 aromatic carbocycles. The number of pyridine rings is 2. The second-order valence-corrected chi connectivity index (χ2v) is 9.23. The first kappa shape index (κ1) is 22.7. The summed E-state index contributed by atoms with van der Waals surface area (Å²) in [4.78, 5) is 23.4. The number of carboxylic acids is 1. The number of ether oxygens (including phenoxy) is 1. The summed E-state index contributed by atoms with van der Waals surface area (Å²) < 4.78 is 6.14. The zero-order valence-corrected chi connectivity index (χ0v) is 19.4. The number of nitrogens with zero attached hydrogens (tertiary/aromatic N) is 3. The number of hydrogen-bond acceptors (Lipinski definition) is 6. The standard InChI is InChI=1S/C27H32N4O3/c32-27(33)25(23-8-3-10-24-22(23)9-5-14-28-24)31-16-13-21(18-31)34-17-2-1-7-20-12-11-19-6-4-15-29-26(19)30-20/h3,5,8-12,14,21,25H,1-2,4,6-7,13,15-18H2,(H,29,30)(H,32,33)/t21-,25-/m1/s1. The molecule has 0 unspecified atom stereocenters. The number of aromatic nitrogens is 2. The van der Waals surface area contributed by atoms with Gasteiger partial charge in [-0.15, -0.1) is 0 Å². The van der Waals surface area contributed by atoms with Crippen molar-refractivity contribution in [1.29, 1.82) is 0 Å². The molecule has 0 saturated carbocycles. The number of carbonyl (C=O) groups is 1. The minimum Gasteiger partial charge on any atom is -0.480 e. The number of nitrogens with one attached hydrogen (secondary N) is 1. The molecule has 4 heterocycles. The molecule has 1 saturated heterocycles. The fraction of sp³-hybridized carbons (Fsp3) is 0.444. The van der Waals surface area contributed by atoms with Gasteiger partial charge in [-0.1, -0.05) is 24.3 Å². The lowest BCUT2D eigenvalue weighted by molar-refractivity contribution is -0.143. The smallest absolute Gasteiger partial charge is 0.325 e. The van der Waals surface area contributed by atoms with Crippen LogP contribution < -0.4 is 5.32 Å². The predicted molar refractivity (Wildman–Crippen MR) is 132 cm³/mol. The summed E-state index contributed by atoms with van der Waals surface area (Å²) >= 11 is 0. The van der Waals surface area contributed by atoms with E-state index in [0.717, 1.165) is 66.6 Å². The summed E-state index contributed by atoms with van der Waals surface area (Å²) in [5.41, 5.74) is 4.07. The van der Waals surface area contributed by atoms with Crippen molar-refractivity contribution in [2.75, 3.05) is 31.6 Å². The van der Waals surface area contributed by atoms with Gasteiger partial charge in [0.2, 0.25) is 0 Å². The van der Waals surface area contributed by atoms with Gasteiger partial charge in [0.15, 0.2) is 0 Å². The summed E-state index contributed by atoms with van der Waals surface area (Å²) in [6.07, 6.45) is 7.90. The van der Waals surface area contributed by atoms with Gasteiger partial charge in [-0.2, -0.15) is 0 Å². The zero-order valence-electron chi connectivity index (χ0n) is 19.4. The lowest BCUT2D eigenvalue weighted by Crippen LogP contribution is -2.33. The molecule has 178 valence electrons. The molecule has 2 aliphatic rings. The normalized spacial score (nSPS) is 19.0. The summed E-state index contributed by atoms with van der Waals surface area (Å²) in [6.45, 7) is 3.05. The predicted octanol–water partition coefficient (Wildman–Crippen LogP) is 4.23. The number of aliphatic carboxylic acids is 1. The molecule has 2 aliphatic heterocycles. The summed E-state index contributed by atoms with van der Waals surface area (Å²) in [7, 11) is 0. The highest BCUT2D eigenvalue weighted by Crippen LogP contribution is 2.31. The number of benzene rings is 1. The summed E-state index contributed by atoms with van der Waals surface area (Å²) in [6, 6.07) is 13.2. The molecule has 0 aliphatic carbocycles. The number of aryl methyl sites for hydroxylation is 2. The quantitative estimate of drug-likeness (QED) is 0.462. The fourth-order valence-corrected chi connectivity index (χ4v) is 5.14. The van der Waals surface area contributed by atoms with Crippen molar-refractivity contribution in [2.45, 2.75) is 50.7 Å². The van der Waals surface area contributed by atoms with E-state index in [-0.39, 0.29) is 6.10 Å². The molecule has 2 aromatic heterocycles. The first-order valence-electron chi connectivity index (χ1n) is 12.3. The van der Waals surface area contributed by atoms with E-state index in [1.807, 2.05) is 35.2 Å². The van der Waals surface area contributed by atoms with Gasteiger partial charge in [0.25, 0.3) is 0 Å². The summed E-state index contributed by atoms with van der Waals surface area (Å²) in [5, 5.41) is 14.3. The highest BCUT2D eigenvalue weighted by molar-refractivity contribution is 5.88. The molecule has 5 rings (SSSR count). The first-order chi connectivity index (χ1) is 16.7. The minimum absolute atomic E-state index is 0.0704. The van der Waals surface area contributed by atoms with Crippen molar-refractivity contribution in [3.05, 3.63) is 65.5 Å². The molecule has 0 spiro atoms. The van der Waals surface area contributed by atoms with Crippen LogP contribution in [0.3, 0.4) is 0 Å². The third-order valence-corrected chi connectivity index (χ3v) is 6.88. The molecular formula is C27H32N4O3. The number of anilines is 1. The second kappa shape index (κ2) is 10.5. The molecular weight excluding hydrogens is 428 g/mol. The highest BCUT2D eigenvalue weighted by Gasteiger charge is 2.34. The molecule has 2 N–H and O–H groups in total. The average Bonchev–Trinajstić information content (AvgIpc) is 3.32. The molecule has 7 nitrogen and oxygen atoms in total. The van der Waals surface area contributed by atoms with Gasteiger partial charge in [-0.05, 0) is 67.9 Å². The fourth-order valence-electron chi connectivity index (χ4n) is 5.14. The Bertz CT molecular complexity index is 1150. The summed E-state index contributed by atoms with van der Waals surface area (Å²) in [5.74, 6) is 0.227. The topological polar surface area (TPSA) is 87.6 Å². The lowest BCUT2D eigenvalue weighted by atomic mass is 10.0. The Balaban J connectivity index is 1.12. The van der Waals surface area contributed by atoms with E-state index in [4.69, 9.17) is 9.72 Å². The molecule has 3 aromatic rings. The van der Waals surface area contributed by atoms with E-state index >= 15 is 0 Å². The van der Waals surface area contributed by atoms with Crippen LogP contribution in [0.15, 0.2) is 48.7 Å². The number of likely N-dealkylation sites (tertiary alicyclic amines) is 1. The molecule has 34 heavy (non-hydrogen) atoms. The van der Waals surface area contributed by atoms with Crippen molar-refractivity contribution in [2.24, 2.45) is 0 Å². The number of rotatable bonds is 9. The van der Waals surface area contributed by atoms with Crippen LogP contribution in [0, 0.1) is 0 Å². The van der Waals surface area contributed by atoms with Crippen LogP contribution in [0.5, 0.6) is 0 Å². The van der Waals surface area contributed by atoms with E-state index in [9.17, 15) is 9.90 Å². The van der Waals surface area contributed by atoms with Crippen LogP contribution in [-0.2, 0) is 22.4 Å². The van der Waals surface area contributed by atoms with Crippen molar-refractivity contribution in [3.63, 3.8) is 0 Å².